The predicted octanol–water partition coefficient (Wildman–Crippen LogP) is 3.92. The zero-order valence-electron chi connectivity index (χ0n) is 13.7. The zero-order valence-corrected chi connectivity index (χ0v) is 13.7. The van der Waals surface area contributed by atoms with Crippen LogP contribution in [0.2, 0.25) is 0 Å². The molecular weight excluding hydrogens is 304 g/mol. The average molecular weight is 324 g/mol. The average Bonchev–Trinajstić information content (AvgIpc) is 2.61. The molecule has 2 aromatic carbocycles. The monoisotopic (exact) mass is 324 g/mol. The number of Topliss-reactive ketones (excluding diaryl/α,β-unsaturated/α-hetero) is 1. The molecule has 3 rings (SSSR count). The Morgan fingerprint density at radius 3 is 2.71 bits per heavy atom. The van der Waals surface area contributed by atoms with Gasteiger partial charge < -0.3 is 9.47 Å². The number of benzene rings is 2. The first-order valence-electron chi connectivity index (χ1n) is 8.15. The minimum absolute atomic E-state index is 0.0302. The van der Waals surface area contributed by atoms with Gasteiger partial charge in [0.1, 0.15) is 5.75 Å². The van der Waals surface area contributed by atoms with E-state index in [4.69, 9.17) is 9.47 Å². The van der Waals surface area contributed by atoms with E-state index in [-0.39, 0.29) is 5.78 Å². The normalized spacial score (nSPS) is 18.0. The summed E-state index contributed by atoms with van der Waals surface area (Å²) in [4.78, 5) is 23.6. The second kappa shape index (κ2) is 7.30. The van der Waals surface area contributed by atoms with Crippen molar-refractivity contribution < 1.29 is 19.1 Å². The molecule has 124 valence electrons. The van der Waals surface area contributed by atoms with Crippen LogP contribution in [0.5, 0.6) is 5.75 Å². The highest BCUT2D eigenvalue weighted by atomic mass is 16.5. The van der Waals surface area contributed by atoms with Gasteiger partial charge in [-0.2, -0.15) is 0 Å². The summed E-state index contributed by atoms with van der Waals surface area (Å²) in [7, 11) is 1.64. The number of carbonyl (C=O) groups excluding carboxylic acids is 2. The van der Waals surface area contributed by atoms with Gasteiger partial charge in [-0.1, -0.05) is 18.2 Å². The fourth-order valence-corrected chi connectivity index (χ4v) is 2.89. The van der Waals surface area contributed by atoms with Crippen LogP contribution in [-0.4, -0.2) is 25.0 Å². The number of methoxy groups -OCH3 is 1. The maximum absolute atomic E-state index is 11.9. The topological polar surface area (TPSA) is 52.6 Å². The van der Waals surface area contributed by atoms with Crippen molar-refractivity contribution in [2.45, 2.75) is 31.8 Å². The lowest BCUT2D eigenvalue weighted by molar-refractivity contribution is -0.152. The Kier molecular flexibility index (Phi) is 4.94. The van der Waals surface area contributed by atoms with E-state index in [1.807, 2.05) is 36.4 Å². The molecule has 0 radical (unpaired) electrons. The van der Waals surface area contributed by atoms with Crippen molar-refractivity contribution in [3.63, 3.8) is 0 Å². The molecule has 0 N–H and O–H groups in total. The molecular formula is C20H20O4. The van der Waals surface area contributed by atoms with Gasteiger partial charge in [0.15, 0.2) is 11.9 Å². The Morgan fingerprint density at radius 2 is 1.92 bits per heavy atom. The van der Waals surface area contributed by atoms with Gasteiger partial charge in [-0.15, -0.1) is 0 Å². The van der Waals surface area contributed by atoms with E-state index in [0.717, 1.165) is 34.9 Å². The maximum atomic E-state index is 11.9. The number of fused-ring (bicyclic) bond motifs is 1. The summed E-state index contributed by atoms with van der Waals surface area (Å²) in [5.74, 6) is 0.374. The summed E-state index contributed by atoms with van der Waals surface area (Å²) < 4.78 is 10.5. The van der Waals surface area contributed by atoms with Crippen LogP contribution in [-0.2, 0) is 14.3 Å². The molecule has 0 aromatic heterocycles. The lowest BCUT2D eigenvalue weighted by Gasteiger charge is -2.19. The van der Waals surface area contributed by atoms with E-state index in [1.165, 1.54) is 6.08 Å². The number of ether oxygens (including phenoxy) is 2. The maximum Gasteiger partial charge on any atom is 0.331 e. The second-order valence-corrected chi connectivity index (χ2v) is 5.94. The summed E-state index contributed by atoms with van der Waals surface area (Å²) >= 11 is 0. The Hall–Kier alpha value is -2.62. The van der Waals surface area contributed by atoms with E-state index in [2.05, 4.69) is 0 Å². The van der Waals surface area contributed by atoms with Gasteiger partial charge in [-0.25, -0.2) is 4.79 Å². The zero-order chi connectivity index (χ0) is 16.9. The molecule has 1 aliphatic rings. The highest BCUT2D eigenvalue weighted by Gasteiger charge is 2.24. The molecule has 24 heavy (non-hydrogen) atoms. The second-order valence-electron chi connectivity index (χ2n) is 5.94. The van der Waals surface area contributed by atoms with Crippen molar-refractivity contribution in [2.75, 3.05) is 7.11 Å². The number of esters is 1. The third-order valence-electron chi connectivity index (χ3n) is 4.24. The molecule has 4 nitrogen and oxygen atoms in total. The molecule has 1 fully saturated rings. The van der Waals surface area contributed by atoms with Gasteiger partial charge in [-0.3, -0.25) is 4.79 Å². The third-order valence-corrected chi connectivity index (χ3v) is 4.24. The standard InChI is InChI=1S/C20H20O4/c1-23-17-10-9-15-12-14(6-8-16(15)13-17)7-11-20(22)24-19-5-3-2-4-18(19)21/h6-13,19H,2-5H2,1H3/b11-7+/t19-/m1/s1. The third kappa shape index (κ3) is 3.82. The molecule has 0 amide bonds. The molecule has 0 spiro atoms. The van der Waals surface area contributed by atoms with E-state index in [0.29, 0.717) is 12.8 Å². The molecule has 0 heterocycles. The quantitative estimate of drug-likeness (QED) is 0.632. The highest BCUT2D eigenvalue weighted by Crippen LogP contribution is 2.22. The molecule has 2 aromatic rings. The Balaban J connectivity index is 1.68. The molecule has 0 saturated heterocycles. The number of rotatable bonds is 4. The van der Waals surface area contributed by atoms with Gasteiger partial charge in [0.25, 0.3) is 0 Å². The van der Waals surface area contributed by atoms with Crippen LogP contribution in [0, 0.1) is 0 Å². The first-order chi connectivity index (χ1) is 11.7. The molecule has 0 aliphatic heterocycles. The fourth-order valence-electron chi connectivity index (χ4n) is 2.89. The smallest absolute Gasteiger partial charge is 0.331 e. The van der Waals surface area contributed by atoms with Crippen LogP contribution in [0.15, 0.2) is 42.5 Å². The lowest BCUT2D eigenvalue weighted by Crippen LogP contribution is -2.29. The summed E-state index contributed by atoms with van der Waals surface area (Å²) in [6.07, 6.45) is 5.49. The Labute approximate surface area is 141 Å². The van der Waals surface area contributed by atoms with Crippen LogP contribution in [0.25, 0.3) is 16.8 Å². The van der Waals surface area contributed by atoms with E-state index in [1.54, 1.807) is 13.2 Å². The lowest BCUT2D eigenvalue weighted by atomic mass is 9.96. The van der Waals surface area contributed by atoms with E-state index in [9.17, 15) is 9.59 Å². The van der Waals surface area contributed by atoms with Crippen LogP contribution >= 0.6 is 0 Å². The summed E-state index contributed by atoms with van der Waals surface area (Å²) in [6.45, 7) is 0. The van der Waals surface area contributed by atoms with E-state index >= 15 is 0 Å². The van der Waals surface area contributed by atoms with Crippen LogP contribution in [0.3, 0.4) is 0 Å². The molecule has 0 bridgehead atoms. The van der Waals surface area contributed by atoms with Crippen molar-refractivity contribution in [3.05, 3.63) is 48.0 Å². The minimum atomic E-state index is -0.569. The van der Waals surface area contributed by atoms with Crippen LogP contribution in [0.1, 0.15) is 31.2 Å². The fraction of sp³-hybridized carbons (Fsp3) is 0.300. The molecule has 4 heteroatoms. The summed E-state index contributed by atoms with van der Waals surface area (Å²) in [5, 5.41) is 2.13. The first kappa shape index (κ1) is 16.2. The van der Waals surface area contributed by atoms with Crippen molar-refractivity contribution in [3.8, 4) is 5.75 Å². The van der Waals surface area contributed by atoms with Crippen molar-refractivity contribution in [2.24, 2.45) is 0 Å². The predicted molar refractivity (Wildman–Crippen MR) is 92.9 cm³/mol. The van der Waals surface area contributed by atoms with Gasteiger partial charge in [-0.05, 0) is 59.9 Å². The SMILES string of the molecule is COc1ccc2cc(/C=C/C(=O)O[C@@H]3CCCCC3=O)ccc2c1. The number of hydrogen-bond donors (Lipinski definition) is 0. The van der Waals surface area contributed by atoms with E-state index < -0.39 is 12.1 Å². The van der Waals surface area contributed by atoms with Crippen molar-refractivity contribution in [1.29, 1.82) is 0 Å². The van der Waals surface area contributed by atoms with Crippen LogP contribution < -0.4 is 4.74 Å². The van der Waals surface area contributed by atoms with Crippen molar-refractivity contribution >= 4 is 28.6 Å². The first-order valence-corrected chi connectivity index (χ1v) is 8.15. The van der Waals surface area contributed by atoms with Crippen LogP contribution in [0.4, 0.5) is 0 Å². The number of hydrogen-bond acceptors (Lipinski definition) is 4. The molecule has 0 unspecified atom stereocenters. The summed E-state index contributed by atoms with van der Waals surface area (Å²) in [6, 6.07) is 11.7. The van der Waals surface area contributed by atoms with Crippen molar-refractivity contribution in [1.82, 2.24) is 0 Å². The van der Waals surface area contributed by atoms with Gasteiger partial charge in [0, 0.05) is 12.5 Å². The minimum Gasteiger partial charge on any atom is -0.497 e. The van der Waals surface area contributed by atoms with Gasteiger partial charge in [0.05, 0.1) is 7.11 Å². The Bertz CT molecular complexity index is 791. The molecule has 1 saturated carbocycles. The highest BCUT2D eigenvalue weighted by molar-refractivity contribution is 5.92. The Morgan fingerprint density at radius 1 is 1.12 bits per heavy atom. The molecule has 1 aliphatic carbocycles. The number of carbonyl (C=O) groups is 2. The molecule has 1 atom stereocenters. The largest absolute Gasteiger partial charge is 0.497 e. The number of ketones is 1. The van der Waals surface area contributed by atoms with Gasteiger partial charge >= 0.3 is 5.97 Å². The summed E-state index contributed by atoms with van der Waals surface area (Å²) in [5.41, 5.74) is 0.902. The van der Waals surface area contributed by atoms with Gasteiger partial charge in [0.2, 0.25) is 0 Å².